The zero-order chi connectivity index (χ0) is 17.0. The third-order valence-electron chi connectivity index (χ3n) is 3.45. The summed E-state index contributed by atoms with van der Waals surface area (Å²) in [5, 5.41) is 28.9. The Morgan fingerprint density at radius 1 is 1.00 bits per heavy atom. The molecule has 0 aliphatic rings. The Morgan fingerprint density at radius 2 is 1.57 bits per heavy atom. The van der Waals surface area contributed by atoms with Crippen molar-refractivity contribution in [3.8, 4) is 0 Å². The Labute approximate surface area is 131 Å². The van der Waals surface area contributed by atoms with E-state index in [-0.39, 0.29) is 17.7 Å². The van der Waals surface area contributed by atoms with Gasteiger partial charge in [0.1, 0.15) is 0 Å². The fraction of sp³-hybridized carbons (Fsp3) is 0.125. The molecule has 0 aromatic heterocycles. The summed E-state index contributed by atoms with van der Waals surface area (Å²) in [6.07, 6.45) is 0.153. The maximum atomic E-state index is 11.5. The molecule has 0 saturated heterocycles. The van der Waals surface area contributed by atoms with Crippen molar-refractivity contribution >= 4 is 17.6 Å². The average Bonchev–Trinajstić information content (AvgIpc) is 2.53. The topological polar surface area (TPSA) is 118 Å². The normalized spacial score (nSPS) is 11.7. The monoisotopic (exact) mass is 315 g/mol. The van der Waals surface area contributed by atoms with E-state index in [9.17, 15) is 24.8 Å². The highest BCUT2D eigenvalue weighted by Crippen LogP contribution is 2.23. The summed E-state index contributed by atoms with van der Waals surface area (Å²) in [4.78, 5) is 32.4. The van der Waals surface area contributed by atoms with Gasteiger partial charge in [-0.2, -0.15) is 0 Å². The molecule has 0 heterocycles. The number of carboxylic acid groups (broad SMARTS) is 2. The summed E-state index contributed by atoms with van der Waals surface area (Å²) >= 11 is 0. The van der Waals surface area contributed by atoms with Gasteiger partial charge >= 0.3 is 11.9 Å². The van der Waals surface area contributed by atoms with Gasteiger partial charge in [-0.3, -0.25) is 14.9 Å². The molecule has 0 aliphatic carbocycles. The number of benzene rings is 2. The number of nitrogens with zero attached hydrogens (tertiary/aromatic N) is 1. The Balaban J connectivity index is 2.23. The molecule has 0 spiro atoms. The van der Waals surface area contributed by atoms with Crippen LogP contribution in [0.3, 0.4) is 0 Å². The van der Waals surface area contributed by atoms with Crippen LogP contribution in [0, 0.1) is 10.1 Å². The van der Waals surface area contributed by atoms with E-state index in [1.165, 1.54) is 48.5 Å². The van der Waals surface area contributed by atoms with E-state index in [0.717, 1.165) is 0 Å². The van der Waals surface area contributed by atoms with E-state index >= 15 is 0 Å². The second-order valence-corrected chi connectivity index (χ2v) is 4.95. The van der Waals surface area contributed by atoms with Gasteiger partial charge in [0.05, 0.1) is 16.4 Å². The van der Waals surface area contributed by atoms with E-state index in [1.807, 2.05) is 0 Å². The lowest BCUT2D eigenvalue weighted by Gasteiger charge is -2.13. The van der Waals surface area contributed by atoms with Gasteiger partial charge in [0, 0.05) is 12.1 Å². The lowest BCUT2D eigenvalue weighted by molar-refractivity contribution is -0.384. The minimum Gasteiger partial charge on any atom is -0.481 e. The van der Waals surface area contributed by atoms with E-state index in [1.54, 1.807) is 0 Å². The molecule has 2 aromatic carbocycles. The van der Waals surface area contributed by atoms with Crippen molar-refractivity contribution in [2.75, 3.05) is 0 Å². The van der Waals surface area contributed by atoms with Gasteiger partial charge in [0.2, 0.25) is 0 Å². The Morgan fingerprint density at radius 3 is 2.00 bits per heavy atom. The zero-order valence-corrected chi connectivity index (χ0v) is 11.9. The highest BCUT2D eigenvalue weighted by molar-refractivity contribution is 5.87. The molecule has 118 valence electrons. The number of carbonyl (C=O) groups is 2. The zero-order valence-electron chi connectivity index (χ0n) is 11.9. The first-order valence-electron chi connectivity index (χ1n) is 6.68. The number of nitro benzene ring substituents is 1. The maximum absolute atomic E-state index is 11.5. The first-order valence-corrected chi connectivity index (χ1v) is 6.68. The number of aliphatic carboxylic acids is 1. The molecule has 2 rings (SSSR count). The van der Waals surface area contributed by atoms with Gasteiger partial charge in [-0.05, 0) is 29.7 Å². The van der Waals surface area contributed by atoms with Crippen LogP contribution in [0.25, 0.3) is 0 Å². The SMILES string of the molecule is O=C(O)c1ccc(C(Cc2ccc([N+](=O)[O-])cc2)C(=O)O)cc1. The summed E-state index contributed by atoms with van der Waals surface area (Å²) in [6.45, 7) is 0. The summed E-state index contributed by atoms with van der Waals surface area (Å²) in [5.41, 5.74) is 1.13. The smallest absolute Gasteiger partial charge is 0.335 e. The Bertz CT molecular complexity index is 736. The van der Waals surface area contributed by atoms with Crippen LogP contribution < -0.4 is 0 Å². The number of hydrogen-bond donors (Lipinski definition) is 2. The molecule has 1 unspecified atom stereocenters. The Kier molecular flexibility index (Phi) is 4.70. The van der Waals surface area contributed by atoms with Gasteiger partial charge in [-0.1, -0.05) is 24.3 Å². The van der Waals surface area contributed by atoms with Crippen LogP contribution in [-0.2, 0) is 11.2 Å². The predicted octanol–water partition coefficient (Wildman–Crippen LogP) is 2.70. The van der Waals surface area contributed by atoms with Gasteiger partial charge in [-0.15, -0.1) is 0 Å². The molecular weight excluding hydrogens is 302 g/mol. The first kappa shape index (κ1) is 16.2. The molecule has 7 heteroatoms. The second-order valence-electron chi connectivity index (χ2n) is 4.95. The van der Waals surface area contributed by atoms with Crippen LogP contribution in [-0.4, -0.2) is 27.1 Å². The molecule has 0 fully saturated rings. The van der Waals surface area contributed by atoms with Crippen LogP contribution in [0.2, 0.25) is 0 Å². The average molecular weight is 315 g/mol. The predicted molar refractivity (Wildman–Crippen MR) is 80.6 cm³/mol. The number of nitro groups is 1. The van der Waals surface area contributed by atoms with E-state index in [2.05, 4.69) is 0 Å². The third kappa shape index (κ3) is 3.91. The molecule has 1 atom stereocenters. The molecular formula is C16H13NO6. The summed E-state index contributed by atoms with van der Waals surface area (Å²) in [7, 11) is 0. The summed E-state index contributed by atoms with van der Waals surface area (Å²) < 4.78 is 0. The van der Waals surface area contributed by atoms with Gasteiger partial charge in [0.25, 0.3) is 5.69 Å². The Hall–Kier alpha value is -3.22. The largest absolute Gasteiger partial charge is 0.481 e. The molecule has 0 bridgehead atoms. The molecule has 0 saturated carbocycles. The fourth-order valence-corrected chi connectivity index (χ4v) is 2.20. The third-order valence-corrected chi connectivity index (χ3v) is 3.45. The highest BCUT2D eigenvalue weighted by Gasteiger charge is 2.21. The van der Waals surface area contributed by atoms with Crippen molar-refractivity contribution in [1.82, 2.24) is 0 Å². The standard InChI is InChI=1S/C16H13NO6/c18-15(19)12-5-3-11(4-6-12)14(16(20)21)9-10-1-7-13(8-2-10)17(22)23/h1-8,14H,9H2,(H,18,19)(H,20,21). The minimum absolute atomic E-state index is 0.0635. The van der Waals surface area contributed by atoms with E-state index in [4.69, 9.17) is 5.11 Å². The summed E-state index contributed by atoms with van der Waals surface area (Å²) in [6, 6.07) is 11.3. The van der Waals surface area contributed by atoms with Crippen LogP contribution in [0.15, 0.2) is 48.5 Å². The number of carboxylic acids is 2. The van der Waals surface area contributed by atoms with Gasteiger partial charge in [0.15, 0.2) is 0 Å². The maximum Gasteiger partial charge on any atom is 0.335 e. The van der Waals surface area contributed by atoms with Crippen molar-refractivity contribution in [2.45, 2.75) is 12.3 Å². The van der Waals surface area contributed by atoms with Crippen molar-refractivity contribution in [3.63, 3.8) is 0 Å². The number of non-ortho nitro benzene ring substituents is 1. The molecule has 2 aromatic rings. The minimum atomic E-state index is -1.08. The summed E-state index contributed by atoms with van der Waals surface area (Å²) in [5.74, 6) is -3.00. The van der Waals surface area contributed by atoms with Crippen molar-refractivity contribution in [2.24, 2.45) is 0 Å². The van der Waals surface area contributed by atoms with Gasteiger partial charge in [-0.25, -0.2) is 4.79 Å². The van der Waals surface area contributed by atoms with Crippen LogP contribution in [0.1, 0.15) is 27.4 Å². The molecule has 0 aliphatic heterocycles. The lowest BCUT2D eigenvalue weighted by atomic mass is 9.91. The highest BCUT2D eigenvalue weighted by atomic mass is 16.6. The molecule has 0 radical (unpaired) electrons. The molecule has 2 N–H and O–H groups in total. The van der Waals surface area contributed by atoms with Crippen LogP contribution in [0.5, 0.6) is 0 Å². The van der Waals surface area contributed by atoms with Crippen molar-refractivity contribution in [3.05, 3.63) is 75.3 Å². The second kappa shape index (κ2) is 6.69. The fourth-order valence-electron chi connectivity index (χ4n) is 2.20. The van der Waals surface area contributed by atoms with E-state index in [0.29, 0.717) is 11.1 Å². The first-order chi connectivity index (χ1) is 10.9. The van der Waals surface area contributed by atoms with Crippen LogP contribution >= 0.6 is 0 Å². The lowest BCUT2D eigenvalue weighted by Crippen LogP contribution is -2.14. The van der Waals surface area contributed by atoms with Crippen molar-refractivity contribution < 1.29 is 24.7 Å². The molecule has 23 heavy (non-hydrogen) atoms. The quantitative estimate of drug-likeness (QED) is 0.625. The molecule has 7 nitrogen and oxygen atoms in total. The molecule has 0 amide bonds. The van der Waals surface area contributed by atoms with Crippen molar-refractivity contribution in [1.29, 1.82) is 0 Å². The van der Waals surface area contributed by atoms with Crippen LogP contribution in [0.4, 0.5) is 5.69 Å². The van der Waals surface area contributed by atoms with Gasteiger partial charge < -0.3 is 10.2 Å². The number of rotatable bonds is 6. The van der Waals surface area contributed by atoms with E-state index < -0.39 is 22.8 Å². The number of aromatic carboxylic acids is 1. The number of hydrogen-bond acceptors (Lipinski definition) is 4.